The normalized spacial score (nSPS) is 10.1. The van der Waals surface area contributed by atoms with Crippen LogP contribution in [0.3, 0.4) is 0 Å². The van der Waals surface area contributed by atoms with Crippen molar-refractivity contribution in [2.75, 3.05) is 0 Å². The molecule has 4 heteroatoms. The second-order valence-electron chi connectivity index (χ2n) is 3.28. The molecule has 0 aliphatic rings. The van der Waals surface area contributed by atoms with E-state index in [1.165, 1.54) is 36.4 Å². The minimum atomic E-state index is -0.392. The van der Waals surface area contributed by atoms with Crippen LogP contribution in [0.2, 0.25) is 0 Å². The van der Waals surface area contributed by atoms with E-state index in [1.807, 2.05) is 0 Å². The Morgan fingerprint density at radius 2 is 1.81 bits per heavy atom. The van der Waals surface area contributed by atoms with E-state index >= 15 is 0 Å². The van der Waals surface area contributed by atoms with Crippen molar-refractivity contribution < 1.29 is 14.0 Å². The van der Waals surface area contributed by atoms with Crippen LogP contribution < -0.4 is 0 Å². The second-order valence-corrected chi connectivity index (χ2v) is 3.28. The predicted octanol–water partition coefficient (Wildman–Crippen LogP) is 2.20. The van der Waals surface area contributed by atoms with Gasteiger partial charge in [0.1, 0.15) is 5.82 Å². The molecule has 0 radical (unpaired) electrons. The van der Waals surface area contributed by atoms with Crippen LogP contribution in [0.4, 0.5) is 4.39 Å². The largest absolute Gasteiger partial charge is 0.350 e. The predicted molar refractivity (Wildman–Crippen MR) is 56.0 cm³/mol. The molecule has 1 aromatic carbocycles. The van der Waals surface area contributed by atoms with Gasteiger partial charge >= 0.3 is 0 Å². The molecule has 0 bridgehead atoms. The third-order valence-electron chi connectivity index (χ3n) is 2.19. The average molecular weight is 217 g/mol. The number of aromatic nitrogens is 1. The number of H-pyrrole nitrogens is 1. The molecular weight excluding hydrogens is 209 g/mol. The number of nitrogens with one attached hydrogen (secondary N) is 1. The van der Waals surface area contributed by atoms with Gasteiger partial charge in [0.2, 0.25) is 5.78 Å². The molecule has 16 heavy (non-hydrogen) atoms. The van der Waals surface area contributed by atoms with Gasteiger partial charge in [0, 0.05) is 5.56 Å². The lowest BCUT2D eigenvalue weighted by Gasteiger charge is -1.97. The zero-order valence-corrected chi connectivity index (χ0v) is 8.24. The van der Waals surface area contributed by atoms with E-state index in [-0.39, 0.29) is 5.78 Å². The second kappa shape index (κ2) is 4.10. The Labute approximate surface area is 90.9 Å². The summed E-state index contributed by atoms with van der Waals surface area (Å²) in [5.41, 5.74) is 1.03. The fourth-order valence-corrected chi connectivity index (χ4v) is 1.37. The summed E-state index contributed by atoms with van der Waals surface area (Å²) in [7, 11) is 0. The maximum Gasteiger partial charge on any atom is 0.209 e. The van der Waals surface area contributed by atoms with Crippen LogP contribution in [0, 0.1) is 5.82 Å². The first-order valence-electron chi connectivity index (χ1n) is 4.65. The van der Waals surface area contributed by atoms with Crippen molar-refractivity contribution in [1.29, 1.82) is 0 Å². The summed E-state index contributed by atoms with van der Waals surface area (Å²) in [5.74, 6) is -0.662. The molecule has 0 atom stereocenters. The molecular formula is C12H8FNO2. The highest BCUT2D eigenvalue weighted by molar-refractivity contribution is 6.08. The van der Waals surface area contributed by atoms with E-state index in [1.54, 1.807) is 0 Å². The minimum Gasteiger partial charge on any atom is -0.350 e. The Hall–Kier alpha value is -2.23. The lowest BCUT2D eigenvalue weighted by Crippen LogP contribution is -2.01. The van der Waals surface area contributed by atoms with Crippen molar-refractivity contribution in [2.24, 2.45) is 0 Å². The number of ketones is 1. The van der Waals surface area contributed by atoms with Crippen LogP contribution in [-0.4, -0.2) is 17.1 Å². The summed E-state index contributed by atoms with van der Waals surface area (Å²) in [6.07, 6.45) is 0.626. The van der Waals surface area contributed by atoms with Crippen LogP contribution in [-0.2, 0) is 0 Å². The highest BCUT2D eigenvalue weighted by Crippen LogP contribution is 2.10. The van der Waals surface area contributed by atoms with Gasteiger partial charge in [0.25, 0.3) is 0 Å². The summed E-state index contributed by atoms with van der Waals surface area (Å²) in [6, 6.07) is 8.28. The van der Waals surface area contributed by atoms with Gasteiger partial charge in [-0.2, -0.15) is 0 Å². The third-order valence-corrected chi connectivity index (χ3v) is 2.19. The maximum absolute atomic E-state index is 12.6. The number of carbonyl (C=O) groups is 2. The van der Waals surface area contributed by atoms with Gasteiger partial charge in [-0.3, -0.25) is 9.59 Å². The maximum atomic E-state index is 12.6. The fraction of sp³-hybridized carbons (Fsp3) is 0. The van der Waals surface area contributed by atoms with Gasteiger partial charge in [-0.05, 0) is 36.4 Å². The average Bonchev–Trinajstić information content (AvgIpc) is 2.77. The molecule has 0 unspecified atom stereocenters. The number of aromatic amines is 1. The molecule has 3 nitrogen and oxygen atoms in total. The van der Waals surface area contributed by atoms with Crippen molar-refractivity contribution in [3.8, 4) is 0 Å². The summed E-state index contributed by atoms with van der Waals surface area (Å²) in [4.78, 5) is 24.9. The molecule has 0 saturated carbocycles. The molecule has 0 saturated heterocycles. The lowest BCUT2D eigenvalue weighted by molar-refractivity contribution is 0.103. The summed E-state index contributed by atoms with van der Waals surface area (Å²) in [6.45, 7) is 0. The Balaban J connectivity index is 2.31. The van der Waals surface area contributed by atoms with Crippen LogP contribution in [0.5, 0.6) is 0 Å². The van der Waals surface area contributed by atoms with E-state index in [2.05, 4.69) is 4.98 Å². The summed E-state index contributed by atoms with van der Waals surface area (Å²) < 4.78 is 12.6. The number of halogens is 1. The van der Waals surface area contributed by atoms with Crippen LogP contribution in [0.15, 0.2) is 36.4 Å². The van der Waals surface area contributed by atoms with Crippen LogP contribution in [0.25, 0.3) is 0 Å². The molecule has 0 spiro atoms. The van der Waals surface area contributed by atoms with E-state index in [0.29, 0.717) is 23.2 Å². The van der Waals surface area contributed by atoms with Crippen LogP contribution >= 0.6 is 0 Å². The van der Waals surface area contributed by atoms with Crippen molar-refractivity contribution in [3.63, 3.8) is 0 Å². The number of aldehydes is 1. The lowest BCUT2D eigenvalue weighted by atomic mass is 10.1. The number of rotatable bonds is 3. The van der Waals surface area contributed by atoms with Crippen LogP contribution in [0.1, 0.15) is 26.5 Å². The number of hydrogen-bond acceptors (Lipinski definition) is 2. The standard InChI is InChI=1S/C12H8FNO2/c13-9-3-1-8(2-4-9)12(16)11-6-5-10(7-15)14-11/h1-7,14H. The molecule has 1 heterocycles. The molecule has 80 valence electrons. The minimum absolute atomic E-state index is 0.270. The third kappa shape index (κ3) is 1.91. The topological polar surface area (TPSA) is 49.9 Å². The zero-order valence-electron chi connectivity index (χ0n) is 8.24. The molecule has 0 aliphatic carbocycles. The fourth-order valence-electron chi connectivity index (χ4n) is 1.37. The highest BCUT2D eigenvalue weighted by atomic mass is 19.1. The summed E-state index contributed by atoms with van der Waals surface area (Å²) in [5, 5.41) is 0. The van der Waals surface area contributed by atoms with Gasteiger partial charge in [-0.1, -0.05) is 0 Å². The van der Waals surface area contributed by atoms with Gasteiger partial charge in [0.05, 0.1) is 11.4 Å². The Bertz CT molecular complexity index is 528. The van der Waals surface area contributed by atoms with Crippen molar-refractivity contribution in [2.45, 2.75) is 0 Å². The SMILES string of the molecule is O=Cc1ccc(C(=O)c2ccc(F)cc2)[nH]1. The van der Waals surface area contributed by atoms with Gasteiger partial charge < -0.3 is 4.98 Å². The van der Waals surface area contributed by atoms with Crippen molar-refractivity contribution in [3.05, 3.63) is 59.2 Å². The Morgan fingerprint density at radius 3 is 2.38 bits per heavy atom. The Morgan fingerprint density at radius 1 is 1.12 bits per heavy atom. The van der Waals surface area contributed by atoms with Crippen molar-refractivity contribution in [1.82, 2.24) is 4.98 Å². The first kappa shape index (κ1) is 10.3. The molecule has 0 fully saturated rings. The highest BCUT2D eigenvalue weighted by Gasteiger charge is 2.10. The van der Waals surface area contributed by atoms with Gasteiger partial charge in [-0.15, -0.1) is 0 Å². The zero-order chi connectivity index (χ0) is 11.5. The van der Waals surface area contributed by atoms with E-state index in [9.17, 15) is 14.0 Å². The molecule has 1 N–H and O–H groups in total. The Kier molecular flexibility index (Phi) is 2.64. The number of benzene rings is 1. The first-order valence-corrected chi connectivity index (χ1v) is 4.65. The first-order chi connectivity index (χ1) is 7.70. The molecule has 2 rings (SSSR count). The van der Waals surface area contributed by atoms with E-state index < -0.39 is 5.82 Å². The van der Waals surface area contributed by atoms with E-state index in [0.717, 1.165) is 0 Å². The quantitative estimate of drug-likeness (QED) is 0.632. The number of carbonyl (C=O) groups excluding carboxylic acids is 2. The number of hydrogen-bond donors (Lipinski definition) is 1. The van der Waals surface area contributed by atoms with Crippen molar-refractivity contribution >= 4 is 12.1 Å². The molecule has 0 amide bonds. The molecule has 2 aromatic rings. The monoisotopic (exact) mass is 217 g/mol. The van der Waals surface area contributed by atoms with Gasteiger partial charge in [-0.25, -0.2) is 4.39 Å². The molecule has 1 aromatic heterocycles. The molecule has 0 aliphatic heterocycles. The van der Waals surface area contributed by atoms with E-state index in [4.69, 9.17) is 0 Å². The smallest absolute Gasteiger partial charge is 0.209 e. The summed E-state index contributed by atoms with van der Waals surface area (Å²) >= 11 is 0. The van der Waals surface area contributed by atoms with Gasteiger partial charge in [0.15, 0.2) is 6.29 Å².